The number of hydrogen-bond donors (Lipinski definition) is 1. The lowest BCUT2D eigenvalue weighted by molar-refractivity contribution is -0.107. The molecule has 49 heavy (non-hydrogen) atoms. The average molecular weight is 686 g/mol. The second kappa shape index (κ2) is 28.4. The van der Waals surface area contributed by atoms with Crippen molar-refractivity contribution in [1.29, 1.82) is 0 Å². The molecule has 2 aromatic rings. The van der Waals surface area contributed by atoms with Crippen molar-refractivity contribution < 1.29 is 18.7 Å². The van der Waals surface area contributed by atoms with Crippen LogP contribution in [0.5, 0.6) is 5.75 Å². The number of benzene rings is 1. The molecule has 0 atom stereocenters. The van der Waals surface area contributed by atoms with Gasteiger partial charge in [-0.1, -0.05) is 150 Å². The fraction of sp³-hybridized carbons (Fsp3) is 0.786. The van der Waals surface area contributed by atoms with Gasteiger partial charge < -0.3 is 24.0 Å². The molecule has 0 saturated carbocycles. The molecule has 7 heteroatoms. The van der Waals surface area contributed by atoms with Crippen molar-refractivity contribution in [2.45, 2.75) is 170 Å². The molecule has 0 spiro atoms. The topological polar surface area (TPSA) is 86.5 Å². The van der Waals surface area contributed by atoms with Crippen LogP contribution in [0.4, 0.5) is 0 Å². The third-order valence-electron chi connectivity index (χ3n) is 8.82. The molecule has 0 radical (unpaired) electrons. The number of carbonyl (C=O) groups excluding carboxylic acids is 1. The molecule has 0 amide bonds. The number of unbranched alkanes of at least 4 members (excludes halogenated alkanes) is 19. The first-order valence-electron chi connectivity index (χ1n) is 19.8. The van der Waals surface area contributed by atoms with Crippen molar-refractivity contribution in [1.82, 2.24) is 15.5 Å². The smallest absolute Gasteiger partial charge is 0.247 e. The summed E-state index contributed by atoms with van der Waals surface area (Å²) in [5.74, 6) is 1.89. The highest BCUT2D eigenvalue weighted by atomic mass is 16.5. The Kier molecular flexibility index (Phi) is 26.0. The standard InChI is InChI=1S/C22H44O.C20H31N3O3/c1-2-3-4-5-6-7-8-9-10-11-12-13-14-15-16-17-18-19-20-21-22-23;1-15-22-23-18(26-15)16-7-9-17(10-8-16)25-14-20(4,5)13-24-12-19(2,3)11-21-6/h22H,2-21H2,1H3;7-10,21H,11-14H2,1-6H3. The van der Waals surface area contributed by atoms with Gasteiger partial charge in [0.05, 0.1) is 19.8 Å². The molecular weight excluding hydrogens is 610 g/mol. The van der Waals surface area contributed by atoms with Crippen LogP contribution in [0.1, 0.15) is 169 Å². The second-order valence-corrected chi connectivity index (χ2v) is 15.6. The first-order chi connectivity index (χ1) is 23.6. The molecular formula is C42H75N3O4. The van der Waals surface area contributed by atoms with Crippen molar-refractivity contribution in [3.8, 4) is 17.2 Å². The van der Waals surface area contributed by atoms with E-state index >= 15 is 0 Å². The predicted octanol–water partition coefficient (Wildman–Crippen LogP) is 11.7. The van der Waals surface area contributed by atoms with Gasteiger partial charge in [-0.05, 0) is 37.7 Å². The molecule has 0 aliphatic rings. The van der Waals surface area contributed by atoms with Crippen molar-refractivity contribution >= 4 is 6.29 Å². The predicted molar refractivity (Wildman–Crippen MR) is 206 cm³/mol. The number of nitrogens with zero attached hydrogens (tertiary/aromatic N) is 2. The normalized spacial score (nSPS) is 11.7. The fourth-order valence-electron chi connectivity index (χ4n) is 5.87. The van der Waals surface area contributed by atoms with E-state index in [9.17, 15) is 4.79 Å². The van der Waals surface area contributed by atoms with E-state index in [1.165, 1.54) is 116 Å². The molecule has 0 aliphatic carbocycles. The zero-order valence-corrected chi connectivity index (χ0v) is 32.9. The van der Waals surface area contributed by atoms with E-state index in [-0.39, 0.29) is 10.8 Å². The summed E-state index contributed by atoms with van der Waals surface area (Å²) in [7, 11) is 1.96. The van der Waals surface area contributed by atoms with Gasteiger partial charge in [-0.2, -0.15) is 0 Å². The third kappa shape index (κ3) is 25.4. The third-order valence-corrected chi connectivity index (χ3v) is 8.82. The fourth-order valence-corrected chi connectivity index (χ4v) is 5.87. The van der Waals surface area contributed by atoms with Crippen molar-refractivity contribution in [3.05, 3.63) is 30.2 Å². The molecule has 1 aromatic heterocycles. The molecule has 1 heterocycles. The molecule has 0 saturated heterocycles. The summed E-state index contributed by atoms with van der Waals surface area (Å²) >= 11 is 0. The number of carbonyl (C=O) groups is 1. The zero-order chi connectivity index (χ0) is 36.1. The van der Waals surface area contributed by atoms with Crippen molar-refractivity contribution in [2.24, 2.45) is 10.8 Å². The van der Waals surface area contributed by atoms with Crippen LogP contribution in [0.3, 0.4) is 0 Å². The van der Waals surface area contributed by atoms with Gasteiger partial charge in [0.2, 0.25) is 11.8 Å². The van der Waals surface area contributed by atoms with Gasteiger partial charge in [0.15, 0.2) is 0 Å². The molecule has 0 bridgehead atoms. The Morgan fingerprint density at radius 2 is 1.14 bits per heavy atom. The summed E-state index contributed by atoms with van der Waals surface area (Å²) in [6.07, 6.45) is 28.5. The Hall–Kier alpha value is -2.25. The van der Waals surface area contributed by atoms with E-state index in [2.05, 4.69) is 50.1 Å². The highest BCUT2D eigenvalue weighted by molar-refractivity contribution is 5.53. The van der Waals surface area contributed by atoms with Gasteiger partial charge in [0, 0.05) is 36.3 Å². The molecule has 1 aromatic carbocycles. The van der Waals surface area contributed by atoms with Gasteiger partial charge in [0.25, 0.3) is 0 Å². The van der Waals surface area contributed by atoms with E-state index in [0.717, 1.165) is 43.6 Å². The lowest BCUT2D eigenvalue weighted by Gasteiger charge is -2.29. The highest BCUT2D eigenvalue weighted by Crippen LogP contribution is 2.24. The maximum absolute atomic E-state index is 10.2. The molecule has 7 nitrogen and oxygen atoms in total. The average Bonchev–Trinajstić information content (AvgIpc) is 3.51. The van der Waals surface area contributed by atoms with Crippen LogP contribution in [0, 0.1) is 17.8 Å². The summed E-state index contributed by atoms with van der Waals surface area (Å²) in [6.45, 7) is 15.6. The minimum Gasteiger partial charge on any atom is -0.493 e. The number of aldehydes is 1. The number of nitrogens with one attached hydrogen (secondary N) is 1. The van der Waals surface area contributed by atoms with Gasteiger partial charge in [-0.25, -0.2) is 0 Å². The molecule has 282 valence electrons. The van der Waals surface area contributed by atoms with E-state index in [4.69, 9.17) is 13.9 Å². The largest absolute Gasteiger partial charge is 0.493 e. The molecule has 0 aliphatic heterocycles. The number of ether oxygens (including phenoxy) is 2. The van der Waals surface area contributed by atoms with Crippen LogP contribution < -0.4 is 10.1 Å². The molecule has 2 rings (SSSR count). The molecule has 0 unspecified atom stereocenters. The van der Waals surface area contributed by atoms with Gasteiger partial charge >= 0.3 is 0 Å². The van der Waals surface area contributed by atoms with Gasteiger partial charge in [-0.3, -0.25) is 0 Å². The monoisotopic (exact) mass is 686 g/mol. The summed E-state index contributed by atoms with van der Waals surface area (Å²) in [4.78, 5) is 10.2. The number of hydrogen-bond acceptors (Lipinski definition) is 7. The quantitative estimate of drug-likeness (QED) is 0.0647. The van der Waals surface area contributed by atoms with E-state index in [1.54, 1.807) is 6.92 Å². The second-order valence-electron chi connectivity index (χ2n) is 15.6. The van der Waals surface area contributed by atoms with Crippen LogP contribution in [0.15, 0.2) is 28.7 Å². The molecule has 0 fully saturated rings. The summed E-state index contributed by atoms with van der Waals surface area (Å²) in [5, 5.41) is 11.1. The number of aromatic nitrogens is 2. The van der Waals surface area contributed by atoms with Crippen molar-refractivity contribution in [3.63, 3.8) is 0 Å². The first-order valence-corrected chi connectivity index (χ1v) is 19.8. The van der Waals surface area contributed by atoms with Crippen LogP contribution in [0.25, 0.3) is 11.5 Å². The van der Waals surface area contributed by atoms with E-state index in [1.807, 2.05) is 31.3 Å². The summed E-state index contributed by atoms with van der Waals surface area (Å²) in [5.41, 5.74) is 0.930. The Balaban J connectivity index is 0.000000495. The first kappa shape index (κ1) is 44.8. The summed E-state index contributed by atoms with van der Waals surface area (Å²) in [6, 6.07) is 7.68. The van der Waals surface area contributed by atoms with E-state index in [0.29, 0.717) is 25.0 Å². The minimum absolute atomic E-state index is 0.0714. The Morgan fingerprint density at radius 1 is 0.673 bits per heavy atom. The van der Waals surface area contributed by atoms with Crippen LogP contribution >= 0.6 is 0 Å². The lowest BCUT2D eigenvalue weighted by Crippen LogP contribution is -2.34. The molecule has 1 N–H and O–H groups in total. The SMILES string of the molecule is CCCCCCCCCCCCCCCCCCCCCC=O.CNCC(C)(C)COCC(C)(C)COc1ccc(-c2nnc(C)o2)cc1. The number of aryl methyl sites for hydroxylation is 1. The van der Waals surface area contributed by atoms with Gasteiger partial charge in [-0.15, -0.1) is 10.2 Å². The minimum atomic E-state index is -0.0714. The Morgan fingerprint density at radius 3 is 1.57 bits per heavy atom. The maximum atomic E-state index is 10.2. The maximum Gasteiger partial charge on any atom is 0.247 e. The summed E-state index contributed by atoms with van der Waals surface area (Å²) < 4.78 is 17.3. The highest BCUT2D eigenvalue weighted by Gasteiger charge is 2.23. The Bertz CT molecular complexity index is 1030. The van der Waals surface area contributed by atoms with E-state index < -0.39 is 0 Å². The zero-order valence-electron chi connectivity index (χ0n) is 32.9. The van der Waals surface area contributed by atoms with Crippen LogP contribution in [-0.4, -0.2) is 49.9 Å². The van der Waals surface area contributed by atoms with Crippen molar-refractivity contribution in [2.75, 3.05) is 33.4 Å². The van der Waals surface area contributed by atoms with Crippen LogP contribution in [-0.2, 0) is 9.53 Å². The Labute approximate surface area is 301 Å². The van der Waals surface area contributed by atoms with Crippen LogP contribution in [0.2, 0.25) is 0 Å². The van der Waals surface area contributed by atoms with Gasteiger partial charge in [0.1, 0.15) is 12.0 Å². The number of rotatable bonds is 30. The lowest BCUT2D eigenvalue weighted by atomic mass is 9.93.